The van der Waals surface area contributed by atoms with Gasteiger partial charge in [0.1, 0.15) is 5.69 Å². The number of carbonyl (C=O) groups is 2. The number of hydrogen-bond acceptors (Lipinski definition) is 4. The van der Waals surface area contributed by atoms with Gasteiger partial charge in [-0.2, -0.15) is 0 Å². The monoisotopic (exact) mass is 251 g/mol. The second-order valence-electron chi connectivity index (χ2n) is 3.10. The number of hydrogen-bond donors (Lipinski definition) is 0. The Balaban J connectivity index is 2.60. The van der Waals surface area contributed by atoms with Crippen LogP contribution in [0.15, 0.2) is 12.3 Å². The Bertz CT molecular complexity index is 491. The van der Waals surface area contributed by atoms with Gasteiger partial charge < -0.3 is 0 Å². The van der Waals surface area contributed by atoms with E-state index in [1.165, 1.54) is 24.8 Å². The van der Waals surface area contributed by atoms with Crippen molar-refractivity contribution in [2.45, 2.75) is 13.3 Å². The summed E-state index contributed by atoms with van der Waals surface area (Å²) in [4.78, 5) is 24.8. The quantitative estimate of drug-likeness (QED) is 0.468. The van der Waals surface area contributed by atoms with Gasteiger partial charge in [0.15, 0.2) is 17.2 Å². The Morgan fingerprint density at radius 3 is 3.06 bits per heavy atom. The van der Waals surface area contributed by atoms with E-state index in [-0.39, 0.29) is 10.7 Å². The molecule has 0 radical (unpaired) electrons. The largest absolute Gasteiger partial charge is 0.298 e. The fourth-order valence-electron chi connectivity index (χ4n) is 1.01. The van der Waals surface area contributed by atoms with Gasteiger partial charge in [-0.25, -0.2) is 9.37 Å². The van der Waals surface area contributed by atoms with E-state index < -0.39 is 5.82 Å². The number of carbonyl (C=O) groups excluding carboxylic acids is 2. The lowest BCUT2D eigenvalue weighted by Gasteiger charge is -1.94. The highest BCUT2D eigenvalue weighted by Crippen LogP contribution is 2.05. The molecule has 1 aromatic heterocycles. The third-order valence-electron chi connectivity index (χ3n) is 1.76. The summed E-state index contributed by atoms with van der Waals surface area (Å²) in [5.41, 5.74) is 0.295. The Hall–Kier alpha value is -1.67. The van der Waals surface area contributed by atoms with Crippen LogP contribution in [0.5, 0.6) is 0 Å². The Morgan fingerprint density at radius 2 is 2.41 bits per heavy atom. The molecule has 0 aliphatic rings. The normalized spacial score (nSPS) is 9.29. The number of rotatable bonds is 3. The van der Waals surface area contributed by atoms with Crippen molar-refractivity contribution in [3.63, 3.8) is 0 Å². The van der Waals surface area contributed by atoms with E-state index in [9.17, 15) is 14.0 Å². The van der Waals surface area contributed by atoms with Crippen molar-refractivity contribution in [1.29, 1.82) is 0 Å². The molecule has 0 spiro atoms. The van der Waals surface area contributed by atoms with Crippen LogP contribution in [0.25, 0.3) is 0 Å². The van der Waals surface area contributed by atoms with E-state index in [4.69, 9.17) is 0 Å². The second-order valence-corrected chi connectivity index (χ2v) is 4.37. The molecule has 0 aliphatic carbocycles. The summed E-state index contributed by atoms with van der Waals surface area (Å²) >= 11 is 1.20. The highest BCUT2D eigenvalue weighted by atomic mass is 32.2. The lowest BCUT2D eigenvalue weighted by molar-refractivity contribution is -0.109. The minimum atomic E-state index is -0.655. The smallest absolute Gasteiger partial charge is 0.185 e. The first kappa shape index (κ1) is 13.4. The minimum absolute atomic E-state index is 0.0509. The van der Waals surface area contributed by atoms with E-state index in [1.54, 1.807) is 0 Å². The molecule has 0 atom stereocenters. The number of aldehydes is 1. The zero-order chi connectivity index (χ0) is 12.7. The molecule has 0 unspecified atom stereocenters. The molecule has 0 bridgehead atoms. The van der Waals surface area contributed by atoms with E-state index in [0.717, 1.165) is 6.20 Å². The second kappa shape index (κ2) is 6.81. The van der Waals surface area contributed by atoms with Crippen molar-refractivity contribution >= 4 is 23.2 Å². The highest BCUT2D eigenvalue weighted by Gasteiger charge is 2.01. The van der Waals surface area contributed by atoms with E-state index in [2.05, 4.69) is 16.8 Å². The molecule has 1 aromatic rings. The van der Waals surface area contributed by atoms with Gasteiger partial charge in [0.2, 0.25) is 0 Å². The standard InChI is InChI=1S/C12H10FNO2S/c1-9(16)17-5-3-2-4-11-6-10(8-15)12(13)7-14-11/h6-8H,3,5H2,1H3. The predicted octanol–water partition coefficient (Wildman–Crippen LogP) is 2.05. The third kappa shape index (κ3) is 4.79. The summed E-state index contributed by atoms with van der Waals surface area (Å²) in [6, 6.07) is 1.30. The van der Waals surface area contributed by atoms with Crippen LogP contribution in [-0.4, -0.2) is 22.1 Å². The van der Waals surface area contributed by atoms with E-state index in [0.29, 0.717) is 24.2 Å². The average molecular weight is 251 g/mol. The summed E-state index contributed by atoms with van der Waals surface area (Å²) in [5.74, 6) is 5.47. The number of pyridine rings is 1. The molecule has 1 heterocycles. The van der Waals surface area contributed by atoms with Crippen LogP contribution in [0.3, 0.4) is 0 Å². The summed E-state index contributed by atoms with van der Waals surface area (Å²) in [6.45, 7) is 1.50. The maximum atomic E-state index is 12.9. The van der Waals surface area contributed by atoms with E-state index in [1.807, 2.05) is 0 Å². The lowest BCUT2D eigenvalue weighted by atomic mass is 10.2. The molecule has 0 amide bonds. The zero-order valence-corrected chi connectivity index (χ0v) is 10.0. The van der Waals surface area contributed by atoms with Gasteiger partial charge in [-0.05, 0) is 12.0 Å². The Kier molecular flexibility index (Phi) is 5.37. The van der Waals surface area contributed by atoms with Crippen molar-refractivity contribution in [3.05, 3.63) is 29.3 Å². The summed E-state index contributed by atoms with van der Waals surface area (Å²) in [7, 11) is 0. The Labute approximate surface area is 103 Å². The minimum Gasteiger partial charge on any atom is -0.298 e. The first-order valence-corrected chi connectivity index (χ1v) is 5.85. The molecular formula is C12H10FNO2S. The van der Waals surface area contributed by atoms with Gasteiger partial charge in [0, 0.05) is 19.1 Å². The molecular weight excluding hydrogens is 241 g/mol. The van der Waals surface area contributed by atoms with Gasteiger partial charge >= 0.3 is 0 Å². The van der Waals surface area contributed by atoms with E-state index >= 15 is 0 Å². The fourth-order valence-corrected chi connectivity index (χ4v) is 1.50. The molecule has 0 fully saturated rings. The number of aromatic nitrogens is 1. The fraction of sp³-hybridized carbons (Fsp3) is 0.250. The van der Waals surface area contributed by atoms with Crippen molar-refractivity contribution in [2.75, 3.05) is 5.75 Å². The molecule has 0 N–H and O–H groups in total. The van der Waals surface area contributed by atoms with Gasteiger partial charge in [-0.15, -0.1) is 0 Å². The molecule has 5 heteroatoms. The van der Waals surface area contributed by atoms with Gasteiger partial charge in [-0.3, -0.25) is 9.59 Å². The van der Waals surface area contributed by atoms with Crippen molar-refractivity contribution in [1.82, 2.24) is 4.98 Å². The van der Waals surface area contributed by atoms with Gasteiger partial charge in [0.25, 0.3) is 0 Å². The maximum absolute atomic E-state index is 12.9. The Morgan fingerprint density at radius 1 is 1.65 bits per heavy atom. The molecule has 0 aliphatic heterocycles. The third-order valence-corrected chi connectivity index (χ3v) is 2.58. The summed E-state index contributed by atoms with van der Waals surface area (Å²) in [6.07, 6.45) is 1.94. The first-order valence-electron chi connectivity index (χ1n) is 4.86. The van der Waals surface area contributed by atoms with Crippen LogP contribution in [0.1, 0.15) is 29.4 Å². The molecule has 1 rings (SSSR count). The number of nitrogens with zero attached hydrogens (tertiary/aromatic N) is 1. The van der Waals surface area contributed by atoms with Crippen molar-refractivity contribution < 1.29 is 14.0 Å². The number of halogens is 1. The summed E-state index contributed by atoms with van der Waals surface area (Å²) < 4.78 is 12.9. The van der Waals surface area contributed by atoms with Crippen LogP contribution in [0, 0.1) is 17.7 Å². The van der Waals surface area contributed by atoms with Crippen molar-refractivity contribution in [3.8, 4) is 11.8 Å². The van der Waals surface area contributed by atoms with Crippen LogP contribution in [0.2, 0.25) is 0 Å². The summed E-state index contributed by atoms with van der Waals surface area (Å²) in [5, 5.41) is 0.0509. The molecule has 88 valence electrons. The lowest BCUT2D eigenvalue weighted by Crippen LogP contribution is -1.92. The molecule has 0 saturated carbocycles. The first-order chi connectivity index (χ1) is 8.13. The topological polar surface area (TPSA) is 47.0 Å². The average Bonchev–Trinajstić information content (AvgIpc) is 2.30. The van der Waals surface area contributed by atoms with Gasteiger partial charge in [0.05, 0.1) is 11.8 Å². The van der Waals surface area contributed by atoms with Gasteiger partial charge in [-0.1, -0.05) is 17.7 Å². The maximum Gasteiger partial charge on any atom is 0.185 e. The van der Waals surface area contributed by atoms with Crippen LogP contribution < -0.4 is 0 Å². The van der Waals surface area contributed by atoms with Crippen LogP contribution >= 0.6 is 11.8 Å². The van der Waals surface area contributed by atoms with Crippen molar-refractivity contribution in [2.24, 2.45) is 0 Å². The zero-order valence-electron chi connectivity index (χ0n) is 9.20. The number of thioether (sulfide) groups is 1. The SMILES string of the molecule is CC(=O)SCCC#Cc1cc(C=O)c(F)cn1. The molecule has 17 heavy (non-hydrogen) atoms. The highest BCUT2D eigenvalue weighted by molar-refractivity contribution is 8.13. The predicted molar refractivity (Wildman–Crippen MR) is 64.2 cm³/mol. The molecule has 0 saturated heterocycles. The van der Waals surface area contributed by atoms with Crippen LogP contribution in [0.4, 0.5) is 4.39 Å². The molecule has 0 aromatic carbocycles. The van der Waals surface area contributed by atoms with Crippen LogP contribution in [-0.2, 0) is 4.79 Å². The molecule has 3 nitrogen and oxygen atoms in total.